The molecule has 1 atom stereocenters. The van der Waals surface area contributed by atoms with Gasteiger partial charge in [-0.25, -0.2) is 4.98 Å². The van der Waals surface area contributed by atoms with Gasteiger partial charge in [-0.2, -0.15) is 0 Å². The van der Waals surface area contributed by atoms with Gasteiger partial charge in [-0.3, -0.25) is 10.1 Å². The van der Waals surface area contributed by atoms with Crippen molar-refractivity contribution in [2.24, 2.45) is 0 Å². The fraction of sp³-hybridized carbons (Fsp3) is 0.571. The Morgan fingerprint density at radius 3 is 2.75 bits per heavy atom. The third kappa shape index (κ3) is 5.31. The van der Waals surface area contributed by atoms with Crippen molar-refractivity contribution in [3.8, 4) is 0 Å². The Hall–Kier alpha value is -0.780. The molecule has 112 valence electrons. The van der Waals surface area contributed by atoms with Gasteiger partial charge in [-0.15, -0.1) is 11.8 Å². The summed E-state index contributed by atoms with van der Waals surface area (Å²) in [6.07, 6.45) is 1.60. The van der Waals surface area contributed by atoms with Crippen LogP contribution in [0.3, 0.4) is 0 Å². The van der Waals surface area contributed by atoms with Crippen LogP contribution in [0.4, 0.5) is 0 Å². The van der Waals surface area contributed by atoms with Crippen molar-refractivity contribution in [2.75, 3.05) is 12.4 Å². The Kier molecular flexibility index (Phi) is 6.79. The molecule has 1 heterocycles. The van der Waals surface area contributed by atoms with E-state index in [-0.39, 0.29) is 12.0 Å². The van der Waals surface area contributed by atoms with Gasteiger partial charge in [0, 0.05) is 18.0 Å². The fourth-order valence-corrected chi connectivity index (χ4v) is 2.79. The summed E-state index contributed by atoms with van der Waals surface area (Å²) in [5, 5.41) is 4.70. The summed E-state index contributed by atoms with van der Waals surface area (Å²) in [6.45, 7) is 8.04. The highest BCUT2D eigenvalue weighted by atomic mass is 35.5. The summed E-state index contributed by atoms with van der Waals surface area (Å²) in [5.74, 6) is 0.300. The van der Waals surface area contributed by atoms with Crippen LogP contribution in [0.15, 0.2) is 23.4 Å². The van der Waals surface area contributed by atoms with Crippen LogP contribution in [0.2, 0.25) is 5.02 Å². The molecule has 0 aromatic carbocycles. The van der Waals surface area contributed by atoms with Crippen molar-refractivity contribution >= 4 is 29.3 Å². The van der Waals surface area contributed by atoms with E-state index in [1.54, 1.807) is 12.3 Å². The second kappa shape index (κ2) is 7.86. The van der Waals surface area contributed by atoms with E-state index in [4.69, 9.17) is 16.3 Å². The van der Waals surface area contributed by atoms with Gasteiger partial charge in [0.2, 0.25) is 0 Å². The Morgan fingerprint density at radius 2 is 2.25 bits per heavy atom. The molecule has 6 heteroatoms. The number of halogens is 1. The van der Waals surface area contributed by atoms with Crippen LogP contribution < -0.4 is 5.32 Å². The molecule has 1 N–H and O–H groups in total. The molecule has 1 rings (SSSR count). The molecule has 0 spiro atoms. The van der Waals surface area contributed by atoms with Crippen molar-refractivity contribution in [1.29, 1.82) is 0 Å². The topological polar surface area (TPSA) is 51.2 Å². The summed E-state index contributed by atoms with van der Waals surface area (Å²) in [4.78, 5) is 16.4. The number of hydrogen-bond donors (Lipinski definition) is 1. The number of hydrogen-bond acceptors (Lipinski definition) is 5. The summed E-state index contributed by atoms with van der Waals surface area (Å²) in [6, 6.07) is 3.81. The van der Waals surface area contributed by atoms with Crippen molar-refractivity contribution in [3.63, 3.8) is 0 Å². The van der Waals surface area contributed by atoms with E-state index in [0.717, 1.165) is 5.03 Å². The number of carbonyl (C=O) groups excluding carboxylic acids is 1. The summed E-state index contributed by atoms with van der Waals surface area (Å²) in [7, 11) is 0. The number of rotatable bonds is 7. The fourth-order valence-electron chi connectivity index (χ4n) is 1.75. The molecule has 0 radical (unpaired) electrons. The molecule has 20 heavy (non-hydrogen) atoms. The first-order valence-corrected chi connectivity index (χ1v) is 7.93. The quantitative estimate of drug-likeness (QED) is 0.618. The first-order valence-electron chi connectivity index (χ1n) is 6.56. The zero-order chi connectivity index (χ0) is 15.2. The van der Waals surface area contributed by atoms with Crippen LogP contribution in [0.25, 0.3) is 0 Å². The minimum absolute atomic E-state index is 0.184. The average molecular weight is 317 g/mol. The van der Waals surface area contributed by atoms with E-state index < -0.39 is 5.54 Å². The minimum Gasteiger partial charge on any atom is -0.465 e. The number of thioether (sulfide) groups is 1. The van der Waals surface area contributed by atoms with Crippen molar-refractivity contribution in [3.05, 3.63) is 23.4 Å². The lowest BCUT2D eigenvalue weighted by atomic mass is 10.0. The van der Waals surface area contributed by atoms with Gasteiger partial charge in [0.15, 0.2) is 0 Å². The number of nitrogens with zero attached hydrogens (tertiary/aromatic N) is 1. The molecule has 0 aliphatic carbocycles. The van der Waals surface area contributed by atoms with Gasteiger partial charge < -0.3 is 4.74 Å². The van der Waals surface area contributed by atoms with Crippen LogP contribution in [0, 0.1) is 0 Å². The molecule has 0 amide bonds. The van der Waals surface area contributed by atoms with Crippen LogP contribution in [0.1, 0.15) is 27.7 Å². The molecule has 1 aromatic rings. The van der Waals surface area contributed by atoms with E-state index >= 15 is 0 Å². The van der Waals surface area contributed by atoms with E-state index in [1.807, 2.05) is 33.8 Å². The molecule has 0 fully saturated rings. The van der Waals surface area contributed by atoms with E-state index in [2.05, 4.69) is 10.3 Å². The van der Waals surface area contributed by atoms with Crippen molar-refractivity contribution in [2.45, 2.75) is 44.3 Å². The van der Waals surface area contributed by atoms with Gasteiger partial charge in [0.25, 0.3) is 0 Å². The molecular weight excluding hydrogens is 296 g/mol. The Bertz CT molecular complexity index is 439. The summed E-state index contributed by atoms with van der Waals surface area (Å²) in [5.41, 5.74) is -0.740. The lowest BCUT2D eigenvalue weighted by Crippen LogP contribution is -2.55. The van der Waals surface area contributed by atoms with Gasteiger partial charge in [-0.1, -0.05) is 11.6 Å². The molecule has 0 saturated heterocycles. The highest BCUT2D eigenvalue weighted by Gasteiger charge is 2.35. The zero-order valence-corrected chi connectivity index (χ0v) is 13.8. The predicted octanol–water partition coefficient (Wildman–Crippen LogP) is 3.15. The largest absolute Gasteiger partial charge is 0.465 e. The van der Waals surface area contributed by atoms with Crippen LogP contribution in [-0.4, -0.2) is 34.9 Å². The molecule has 1 unspecified atom stereocenters. The Morgan fingerprint density at radius 1 is 1.55 bits per heavy atom. The Labute approximate surface area is 129 Å². The molecule has 0 saturated carbocycles. The van der Waals surface area contributed by atoms with E-state index in [0.29, 0.717) is 17.4 Å². The second-order valence-corrected chi connectivity index (χ2v) is 6.39. The normalized spacial score (nSPS) is 14.1. The van der Waals surface area contributed by atoms with Gasteiger partial charge in [0.05, 0.1) is 16.7 Å². The van der Waals surface area contributed by atoms with E-state index in [1.165, 1.54) is 11.8 Å². The number of carbonyl (C=O) groups is 1. The van der Waals surface area contributed by atoms with Gasteiger partial charge >= 0.3 is 5.97 Å². The standard InChI is InChI=1S/C14H21ClN2O2S/c1-5-19-13(18)14(4,17-10(2)3)9-20-12-7-6-11(15)8-16-12/h6-8,10,17H,5,9H2,1-4H3. The smallest absolute Gasteiger partial charge is 0.326 e. The van der Waals surface area contributed by atoms with Crippen LogP contribution in [-0.2, 0) is 9.53 Å². The highest BCUT2D eigenvalue weighted by Crippen LogP contribution is 2.23. The minimum atomic E-state index is -0.740. The van der Waals surface area contributed by atoms with Crippen molar-refractivity contribution in [1.82, 2.24) is 10.3 Å². The molecule has 0 bridgehead atoms. The number of aromatic nitrogens is 1. The average Bonchev–Trinajstić information content (AvgIpc) is 2.37. The van der Waals surface area contributed by atoms with Crippen LogP contribution in [0.5, 0.6) is 0 Å². The number of nitrogens with one attached hydrogen (secondary N) is 1. The predicted molar refractivity (Wildman–Crippen MR) is 83.3 cm³/mol. The molecular formula is C14H21ClN2O2S. The molecule has 1 aromatic heterocycles. The molecule has 0 aliphatic rings. The summed E-state index contributed by atoms with van der Waals surface area (Å²) < 4.78 is 5.16. The summed E-state index contributed by atoms with van der Waals surface area (Å²) >= 11 is 7.30. The number of ether oxygens (including phenoxy) is 1. The SMILES string of the molecule is CCOC(=O)C(C)(CSc1ccc(Cl)cn1)NC(C)C. The van der Waals surface area contributed by atoms with E-state index in [9.17, 15) is 4.79 Å². The van der Waals surface area contributed by atoms with Crippen molar-refractivity contribution < 1.29 is 9.53 Å². The molecule has 4 nitrogen and oxygen atoms in total. The Balaban J connectivity index is 2.73. The van der Waals surface area contributed by atoms with Crippen LogP contribution >= 0.6 is 23.4 Å². The maximum absolute atomic E-state index is 12.1. The third-order valence-electron chi connectivity index (χ3n) is 2.54. The highest BCUT2D eigenvalue weighted by molar-refractivity contribution is 7.99. The second-order valence-electron chi connectivity index (χ2n) is 4.95. The van der Waals surface area contributed by atoms with Gasteiger partial charge in [-0.05, 0) is 39.8 Å². The lowest BCUT2D eigenvalue weighted by molar-refractivity contribution is -0.149. The maximum Gasteiger partial charge on any atom is 0.326 e. The maximum atomic E-state index is 12.1. The number of esters is 1. The molecule has 0 aliphatic heterocycles. The zero-order valence-electron chi connectivity index (χ0n) is 12.3. The van der Waals surface area contributed by atoms with Gasteiger partial charge in [0.1, 0.15) is 5.54 Å². The monoisotopic (exact) mass is 316 g/mol. The lowest BCUT2D eigenvalue weighted by Gasteiger charge is -2.30. The number of pyridine rings is 1. The first-order chi connectivity index (χ1) is 9.37. The third-order valence-corrected chi connectivity index (χ3v) is 4.02. The first kappa shape index (κ1) is 17.3.